The van der Waals surface area contributed by atoms with Gasteiger partial charge in [-0.1, -0.05) is 31.9 Å². The molecule has 0 bridgehead atoms. The molecule has 1 saturated carbocycles. The van der Waals surface area contributed by atoms with Crippen LogP contribution in [0.4, 0.5) is 0 Å². The standard InChI is InChI=1S/C14H16/c1-5-12-8-6-7-9(2)13(12)14-10(3)11(14)4/h1,6-8,10-11,14H,2-4H3/t10-,11+,14?. The summed E-state index contributed by atoms with van der Waals surface area (Å²) in [4.78, 5) is 0. The van der Waals surface area contributed by atoms with Gasteiger partial charge >= 0.3 is 0 Å². The highest BCUT2D eigenvalue weighted by Crippen LogP contribution is 2.54. The highest BCUT2D eigenvalue weighted by molar-refractivity contribution is 5.48. The molecule has 0 spiro atoms. The van der Waals surface area contributed by atoms with Crippen LogP contribution in [0.5, 0.6) is 0 Å². The molecule has 0 aliphatic heterocycles. The Morgan fingerprint density at radius 2 is 1.86 bits per heavy atom. The Labute approximate surface area is 86.3 Å². The second kappa shape index (κ2) is 3.17. The van der Waals surface area contributed by atoms with Crippen molar-refractivity contribution in [2.75, 3.05) is 0 Å². The average molecular weight is 184 g/mol. The van der Waals surface area contributed by atoms with Gasteiger partial charge in [0.2, 0.25) is 0 Å². The minimum absolute atomic E-state index is 0.697. The van der Waals surface area contributed by atoms with Crippen molar-refractivity contribution in [1.82, 2.24) is 0 Å². The van der Waals surface area contributed by atoms with Gasteiger partial charge in [-0.2, -0.15) is 0 Å². The van der Waals surface area contributed by atoms with E-state index in [1.165, 1.54) is 11.1 Å². The molecule has 1 aliphatic rings. The van der Waals surface area contributed by atoms with Gasteiger partial charge in [0.1, 0.15) is 0 Å². The largest absolute Gasteiger partial charge is 0.115 e. The van der Waals surface area contributed by atoms with E-state index in [0.29, 0.717) is 5.92 Å². The molecule has 72 valence electrons. The van der Waals surface area contributed by atoms with E-state index in [9.17, 15) is 0 Å². The van der Waals surface area contributed by atoms with Crippen LogP contribution in [0.15, 0.2) is 18.2 Å². The first-order valence-corrected chi connectivity index (χ1v) is 5.23. The van der Waals surface area contributed by atoms with Crippen molar-refractivity contribution in [1.29, 1.82) is 0 Å². The molecule has 1 aromatic carbocycles. The average Bonchev–Trinajstić information content (AvgIpc) is 2.75. The van der Waals surface area contributed by atoms with Crippen molar-refractivity contribution >= 4 is 0 Å². The molecular formula is C14H16. The molecule has 0 heteroatoms. The molecule has 2 rings (SSSR count). The first-order chi connectivity index (χ1) is 6.66. The third-order valence-corrected chi connectivity index (χ3v) is 3.63. The molecule has 0 aromatic heterocycles. The maximum Gasteiger partial charge on any atom is 0.0280 e. The maximum absolute atomic E-state index is 5.53. The summed E-state index contributed by atoms with van der Waals surface area (Å²) in [6, 6.07) is 6.26. The van der Waals surface area contributed by atoms with E-state index in [1.807, 2.05) is 6.07 Å². The van der Waals surface area contributed by atoms with Crippen LogP contribution in [0.1, 0.15) is 36.5 Å². The Bertz CT molecular complexity index is 387. The van der Waals surface area contributed by atoms with E-state index in [4.69, 9.17) is 6.42 Å². The molecule has 0 radical (unpaired) electrons. The van der Waals surface area contributed by atoms with Gasteiger partial charge in [0.25, 0.3) is 0 Å². The summed E-state index contributed by atoms with van der Waals surface area (Å²) in [7, 11) is 0. The molecular weight excluding hydrogens is 168 g/mol. The third-order valence-electron chi connectivity index (χ3n) is 3.63. The van der Waals surface area contributed by atoms with Gasteiger partial charge in [-0.15, -0.1) is 6.42 Å². The van der Waals surface area contributed by atoms with E-state index in [2.05, 4.69) is 38.8 Å². The van der Waals surface area contributed by atoms with Gasteiger partial charge in [-0.25, -0.2) is 0 Å². The number of aryl methyl sites for hydroxylation is 1. The normalized spacial score (nSPS) is 29.7. The number of terminal acetylenes is 1. The Morgan fingerprint density at radius 1 is 1.21 bits per heavy atom. The van der Waals surface area contributed by atoms with Crippen molar-refractivity contribution in [2.45, 2.75) is 26.7 Å². The highest BCUT2D eigenvalue weighted by atomic mass is 14.5. The molecule has 1 aliphatic carbocycles. The fourth-order valence-electron chi connectivity index (χ4n) is 2.44. The van der Waals surface area contributed by atoms with Crippen molar-refractivity contribution in [2.24, 2.45) is 11.8 Å². The minimum atomic E-state index is 0.697. The molecule has 0 N–H and O–H groups in total. The summed E-state index contributed by atoms with van der Waals surface area (Å²) in [5.74, 6) is 5.08. The van der Waals surface area contributed by atoms with Crippen LogP contribution in [-0.4, -0.2) is 0 Å². The van der Waals surface area contributed by atoms with Crippen LogP contribution in [0.3, 0.4) is 0 Å². The minimum Gasteiger partial charge on any atom is -0.115 e. The lowest BCUT2D eigenvalue weighted by Gasteiger charge is -2.07. The lowest BCUT2D eigenvalue weighted by atomic mass is 9.96. The highest BCUT2D eigenvalue weighted by Gasteiger charge is 2.45. The molecule has 14 heavy (non-hydrogen) atoms. The van der Waals surface area contributed by atoms with Crippen molar-refractivity contribution in [3.63, 3.8) is 0 Å². The summed E-state index contributed by atoms with van der Waals surface area (Å²) in [6.07, 6.45) is 5.53. The Hall–Kier alpha value is -1.22. The van der Waals surface area contributed by atoms with Crippen LogP contribution in [0, 0.1) is 31.1 Å². The van der Waals surface area contributed by atoms with E-state index in [1.54, 1.807) is 0 Å². The van der Waals surface area contributed by atoms with Crippen LogP contribution in [0.25, 0.3) is 0 Å². The second-order valence-corrected chi connectivity index (χ2v) is 4.42. The van der Waals surface area contributed by atoms with Crippen molar-refractivity contribution in [3.05, 3.63) is 34.9 Å². The quantitative estimate of drug-likeness (QED) is 0.587. The Kier molecular flexibility index (Phi) is 2.11. The molecule has 1 aromatic rings. The fraction of sp³-hybridized carbons (Fsp3) is 0.429. The fourth-order valence-corrected chi connectivity index (χ4v) is 2.44. The third kappa shape index (κ3) is 1.24. The number of hydrogen-bond acceptors (Lipinski definition) is 0. The summed E-state index contributed by atoms with van der Waals surface area (Å²) < 4.78 is 0. The van der Waals surface area contributed by atoms with Crippen LogP contribution >= 0.6 is 0 Å². The Balaban J connectivity index is 2.48. The Morgan fingerprint density at radius 3 is 2.36 bits per heavy atom. The molecule has 0 amide bonds. The van der Waals surface area contributed by atoms with E-state index >= 15 is 0 Å². The van der Waals surface area contributed by atoms with Crippen LogP contribution in [0.2, 0.25) is 0 Å². The SMILES string of the molecule is C#Cc1cccc(C)c1C1[C@@H](C)[C@H]1C. The van der Waals surface area contributed by atoms with Crippen LogP contribution in [-0.2, 0) is 0 Å². The molecule has 3 atom stereocenters. The topological polar surface area (TPSA) is 0 Å². The predicted octanol–water partition coefficient (Wildman–Crippen LogP) is 3.35. The zero-order valence-electron chi connectivity index (χ0n) is 9.04. The van der Waals surface area contributed by atoms with Gasteiger partial charge in [0, 0.05) is 5.56 Å². The van der Waals surface area contributed by atoms with Gasteiger partial charge in [0.15, 0.2) is 0 Å². The second-order valence-electron chi connectivity index (χ2n) is 4.42. The molecule has 0 saturated heterocycles. The van der Waals surface area contributed by atoms with E-state index in [0.717, 1.165) is 17.4 Å². The molecule has 0 nitrogen and oxygen atoms in total. The summed E-state index contributed by atoms with van der Waals surface area (Å²) in [5, 5.41) is 0. The summed E-state index contributed by atoms with van der Waals surface area (Å²) >= 11 is 0. The molecule has 1 unspecified atom stereocenters. The maximum atomic E-state index is 5.53. The summed E-state index contributed by atoms with van der Waals surface area (Å²) in [5.41, 5.74) is 3.85. The zero-order chi connectivity index (χ0) is 10.3. The monoisotopic (exact) mass is 184 g/mol. The van der Waals surface area contributed by atoms with Gasteiger partial charge in [-0.3, -0.25) is 0 Å². The van der Waals surface area contributed by atoms with Crippen LogP contribution < -0.4 is 0 Å². The zero-order valence-corrected chi connectivity index (χ0v) is 9.04. The lowest BCUT2D eigenvalue weighted by Crippen LogP contribution is -1.93. The first kappa shape index (κ1) is 9.34. The lowest BCUT2D eigenvalue weighted by molar-refractivity contribution is 0.834. The van der Waals surface area contributed by atoms with Crippen molar-refractivity contribution in [3.8, 4) is 12.3 Å². The van der Waals surface area contributed by atoms with Gasteiger partial charge in [-0.05, 0) is 41.9 Å². The predicted molar refractivity (Wildman–Crippen MR) is 60.2 cm³/mol. The number of benzene rings is 1. The van der Waals surface area contributed by atoms with Crippen molar-refractivity contribution < 1.29 is 0 Å². The van der Waals surface area contributed by atoms with Gasteiger partial charge < -0.3 is 0 Å². The van der Waals surface area contributed by atoms with Gasteiger partial charge in [0.05, 0.1) is 0 Å². The first-order valence-electron chi connectivity index (χ1n) is 5.23. The van der Waals surface area contributed by atoms with E-state index < -0.39 is 0 Å². The molecule has 1 fully saturated rings. The number of hydrogen-bond donors (Lipinski definition) is 0. The smallest absolute Gasteiger partial charge is 0.0280 e. The number of rotatable bonds is 1. The van der Waals surface area contributed by atoms with E-state index in [-0.39, 0.29) is 0 Å². The molecule has 0 heterocycles. The summed E-state index contributed by atoms with van der Waals surface area (Å²) in [6.45, 7) is 6.78.